The molecular formula is C18H30O. The number of Topliss-reactive ketones (excluding diaryl/α,β-unsaturated/α-hetero) is 1. The second-order valence-electron chi connectivity index (χ2n) is 7.46. The van der Waals surface area contributed by atoms with Crippen LogP contribution in [0, 0.1) is 23.2 Å². The van der Waals surface area contributed by atoms with Gasteiger partial charge in [-0.05, 0) is 48.0 Å². The van der Waals surface area contributed by atoms with E-state index >= 15 is 0 Å². The van der Waals surface area contributed by atoms with Gasteiger partial charge in [-0.1, -0.05) is 53.0 Å². The van der Waals surface area contributed by atoms with Crippen molar-refractivity contribution in [3.63, 3.8) is 0 Å². The minimum absolute atomic E-state index is 0.201. The summed E-state index contributed by atoms with van der Waals surface area (Å²) in [5.74, 6) is 2.71. The minimum atomic E-state index is 0.201. The fourth-order valence-corrected chi connectivity index (χ4v) is 4.35. The van der Waals surface area contributed by atoms with Gasteiger partial charge in [-0.2, -0.15) is 0 Å². The zero-order chi connectivity index (χ0) is 14.0. The summed E-state index contributed by atoms with van der Waals surface area (Å²) in [5, 5.41) is 0. The molecular weight excluding hydrogens is 232 g/mol. The molecule has 0 saturated heterocycles. The van der Waals surface area contributed by atoms with E-state index in [-0.39, 0.29) is 5.41 Å². The molecule has 1 heteroatoms. The highest BCUT2D eigenvalue weighted by atomic mass is 16.1. The number of allylic oxidation sites excluding steroid dienone is 2. The van der Waals surface area contributed by atoms with Gasteiger partial charge in [0.2, 0.25) is 0 Å². The predicted molar refractivity (Wildman–Crippen MR) is 81.0 cm³/mol. The molecule has 0 bridgehead atoms. The first-order valence-corrected chi connectivity index (χ1v) is 8.19. The molecule has 0 aromatic heterocycles. The normalized spacial score (nSPS) is 32.4. The molecule has 0 heterocycles. The van der Waals surface area contributed by atoms with Gasteiger partial charge < -0.3 is 0 Å². The lowest BCUT2D eigenvalue weighted by Gasteiger charge is -2.40. The second-order valence-corrected chi connectivity index (χ2v) is 7.46. The quantitative estimate of drug-likeness (QED) is 0.669. The Hall–Kier alpha value is -0.590. The maximum atomic E-state index is 12.1. The summed E-state index contributed by atoms with van der Waals surface area (Å²) >= 11 is 0. The van der Waals surface area contributed by atoms with Gasteiger partial charge in [0.05, 0.1) is 0 Å². The molecule has 1 nitrogen and oxygen atoms in total. The van der Waals surface area contributed by atoms with E-state index in [2.05, 4.69) is 33.8 Å². The number of carbonyl (C=O) groups is 1. The average molecular weight is 262 g/mol. The fourth-order valence-electron chi connectivity index (χ4n) is 4.35. The third kappa shape index (κ3) is 2.95. The lowest BCUT2D eigenvalue weighted by Crippen LogP contribution is -2.35. The Labute approximate surface area is 118 Å². The lowest BCUT2D eigenvalue weighted by molar-refractivity contribution is -0.118. The summed E-state index contributed by atoms with van der Waals surface area (Å²) in [6.07, 6.45) is 10.5. The van der Waals surface area contributed by atoms with Crippen LogP contribution in [0.5, 0.6) is 0 Å². The Morgan fingerprint density at radius 3 is 2.74 bits per heavy atom. The minimum Gasteiger partial charge on any atom is -0.295 e. The summed E-state index contributed by atoms with van der Waals surface area (Å²) < 4.78 is 0. The zero-order valence-corrected chi connectivity index (χ0v) is 13.2. The molecule has 1 saturated carbocycles. The molecule has 1 fully saturated rings. The Morgan fingerprint density at radius 2 is 2.05 bits per heavy atom. The number of hydrogen-bond acceptors (Lipinski definition) is 1. The van der Waals surface area contributed by atoms with Crippen molar-refractivity contribution >= 4 is 5.78 Å². The molecule has 0 aliphatic heterocycles. The van der Waals surface area contributed by atoms with Crippen LogP contribution in [0.3, 0.4) is 0 Å². The first-order chi connectivity index (χ1) is 8.95. The number of rotatable bonds is 5. The van der Waals surface area contributed by atoms with E-state index in [1.54, 1.807) is 0 Å². The maximum Gasteiger partial charge on any atom is 0.159 e. The summed E-state index contributed by atoms with van der Waals surface area (Å²) in [6, 6.07) is 0. The van der Waals surface area contributed by atoms with Gasteiger partial charge in [0.1, 0.15) is 0 Å². The van der Waals surface area contributed by atoms with Crippen LogP contribution < -0.4 is 0 Å². The van der Waals surface area contributed by atoms with E-state index in [0.717, 1.165) is 31.1 Å². The Morgan fingerprint density at radius 1 is 1.32 bits per heavy atom. The van der Waals surface area contributed by atoms with Gasteiger partial charge in [0.15, 0.2) is 5.78 Å². The molecule has 0 spiro atoms. The SMILES string of the molecule is CC(C)CCC[C@@H](C)[C@H]1CC=C2C(=O)CCC[C@@]21C. The van der Waals surface area contributed by atoms with E-state index in [4.69, 9.17) is 0 Å². The van der Waals surface area contributed by atoms with Crippen molar-refractivity contribution in [2.45, 2.75) is 72.6 Å². The van der Waals surface area contributed by atoms with Crippen LogP contribution in [-0.4, -0.2) is 5.78 Å². The van der Waals surface area contributed by atoms with Crippen molar-refractivity contribution in [1.82, 2.24) is 0 Å². The van der Waals surface area contributed by atoms with Crippen molar-refractivity contribution < 1.29 is 4.79 Å². The smallest absolute Gasteiger partial charge is 0.159 e. The number of ketones is 1. The largest absolute Gasteiger partial charge is 0.295 e. The van der Waals surface area contributed by atoms with Crippen LogP contribution >= 0.6 is 0 Å². The van der Waals surface area contributed by atoms with Crippen LogP contribution in [0.15, 0.2) is 11.6 Å². The number of carbonyl (C=O) groups excluding carboxylic acids is 1. The van der Waals surface area contributed by atoms with E-state index < -0.39 is 0 Å². The fraction of sp³-hybridized carbons (Fsp3) is 0.833. The number of fused-ring (bicyclic) bond motifs is 1. The zero-order valence-electron chi connectivity index (χ0n) is 13.2. The van der Waals surface area contributed by atoms with Crippen LogP contribution in [0.25, 0.3) is 0 Å². The molecule has 2 rings (SSSR count). The molecule has 0 unspecified atom stereocenters. The molecule has 0 amide bonds. The van der Waals surface area contributed by atoms with E-state index in [0.29, 0.717) is 11.7 Å². The molecule has 3 atom stereocenters. The summed E-state index contributed by atoms with van der Waals surface area (Å²) in [4.78, 5) is 12.1. The van der Waals surface area contributed by atoms with E-state index in [9.17, 15) is 4.79 Å². The summed E-state index contributed by atoms with van der Waals surface area (Å²) in [5.41, 5.74) is 1.38. The van der Waals surface area contributed by atoms with Gasteiger partial charge in [0, 0.05) is 6.42 Å². The molecule has 108 valence electrons. The summed E-state index contributed by atoms with van der Waals surface area (Å²) in [6.45, 7) is 9.38. The summed E-state index contributed by atoms with van der Waals surface area (Å²) in [7, 11) is 0. The number of hydrogen-bond donors (Lipinski definition) is 0. The van der Waals surface area contributed by atoms with Crippen LogP contribution in [-0.2, 0) is 4.79 Å². The Bertz CT molecular complexity index is 366. The van der Waals surface area contributed by atoms with Crippen molar-refractivity contribution in [3.8, 4) is 0 Å². The molecule has 0 N–H and O–H groups in total. The molecule has 0 radical (unpaired) electrons. The highest BCUT2D eigenvalue weighted by molar-refractivity contribution is 5.98. The van der Waals surface area contributed by atoms with Crippen LogP contribution in [0.2, 0.25) is 0 Å². The molecule has 2 aliphatic carbocycles. The first-order valence-electron chi connectivity index (χ1n) is 8.19. The van der Waals surface area contributed by atoms with Crippen molar-refractivity contribution in [2.24, 2.45) is 23.2 Å². The second kappa shape index (κ2) is 5.81. The predicted octanol–water partition coefficient (Wildman–Crippen LogP) is 5.15. The topological polar surface area (TPSA) is 17.1 Å². The van der Waals surface area contributed by atoms with Crippen molar-refractivity contribution in [3.05, 3.63) is 11.6 Å². The van der Waals surface area contributed by atoms with Crippen molar-refractivity contribution in [1.29, 1.82) is 0 Å². The van der Waals surface area contributed by atoms with Crippen molar-refractivity contribution in [2.75, 3.05) is 0 Å². The van der Waals surface area contributed by atoms with Gasteiger partial charge in [-0.25, -0.2) is 0 Å². The lowest BCUT2D eigenvalue weighted by atomic mass is 9.63. The molecule has 0 aromatic rings. The first kappa shape index (κ1) is 14.8. The molecule has 19 heavy (non-hydrogen) atoms. The Balaban J connectivity index is 1.97. The Kier molecular flexibility index (Phi) is 4.53. The van der Waals surface area contributed by atoms with Gasteiger partial charge in [0.25, 0.3) is 0 Å². The van der Waals surface area contributed by atoms with Gasteiger partial charge >= 0.3 is 0 Å². The van der Waals surface area contributed by atoms with E-state index in [1.807, 2.05) is 0 Å². The van der Waals surface area contributed by atoms with Crippen LogP contribution in [0.4, 0.5) is 0 Å². The van der Waals surface area contributed by atoms with Gasteiger partial charge in [-0.3, -0.25) is 4.79 Å². The molecule has 2 aliphatic rings. The highest BCUT2D eigenvalue weighted by Gasteiger charge is 2.47. The van der Waals surface area contributed by atoms with E-state index in [1.165, 1.54) is 31.3 Å². The monoisotopic (exact) mass is 262 g/mol. The third-order valence-electron chi connectivity index (χ3n) is 5.54. The average Bonchev–Trinajstić information content (AvgIpc) is 2.67. The highest BCUT2D eigenvalue weighted by Crippen LogP contribution is 2.54. The maximum absolute atomic E-state index is 12.1. The van der Waals surface area contributed by atoms with Crippen LogP contribution in [0.1, 0.15) is 72.6 Å². The van der Waals surface area contributed by atoms with Gasteiger partial charge in [-0.15, -0.1) is 0 Å². The standard InChI is InChI=1S/C18H30O/c1-13(2)7-5-8-14(3)15-10-11-16-17(19)9-6-12-18(15,16)4/h11,13-15H,5-10,12H2,1-4H3/t14-,15-,18-/m1/s1. The molecule has 0 aromatic carbocycles. The third-order valence-corrected chi connectivity index (χ3v) is 5.54.